The van der Waals surface area contributed by atoms with E-state index in [-0.39, 0.29) is 0 Å². The van der Waals surface area contributed by atoms with Gasteiger partial charge in [-0.25, -0.2) is 0 Å². The van der Waals surface area contributed by atoms with Crippen molar-refractivity contribution in [2.24, 2.45) is 0 Å². The predicted molar refractivity (Wildman–Crippen MR) is 270 cm³/mol. The number of benzene rings is 11. The fourth-order valence-electron chi connectivity index (χ4n) is 10.4. The smallest absolute Gasteiger partial charge is 0.0714 e. The van der Waals surface area contributed by atoms with Crippen molar-refractivity contribution in [1.29, 1.82) is 0 Å². The van der Waals surface area contributed by atoms with Gasteiger partial charge in [-0.3, -0.25) is 0 Å². The molecule has 1 aliphatic rings. The Labute approximate surface area is 374 Å². The van der Waals surface area contributed by atoms with Crippen LogP contribution in [0.2, 0.25) is 0 Å². The predicted octanol–water partition coefficient (Wildman–Crippen LogP) is 16.8. The molecule has 11 aromatic rings. The molecule has 0 fully saturated rings. The van der Waals surface area contributed by atoms with Crippen LogP contribution >= 0.6 is 0 Å². The molecule has 0 saturated heterocycles. The largest absolute Gasteiger partial charge is 0.310 e. The first-order chi connectivity index (χ1) is 31.7. The van der Waals surface area contributed by atoms with Crippen molar-refractivity contribution in [3.63, 3.8) is 0 Å². The van der Waals surface area contributed by atoms with Crippen molar-refractivity contribution < 1.29 is 0 Å². The summed E-state index contributed by atoms with van der Waals surface area (Å²) in [7, 11) is 0. The number of hydrogen-bond acceptors (Lipinski definition) is 1. The van der Waals surface area contributed by atoms with Gasteiger partial charge in [0.05, 0.1) is 5.41 Å². The minimum Gasteiger partial charge on any atom is -0.310 e. The Balaban J connectivity index is 1.05. The van der Waals surface area contributed by atoms with Gasteiger partial charge in [-0.1, -0.05) is 212 Å². The van der Waals surface area contributed by atoms with E-state index in [0.717, 1.165) is 17.1 Å². The lowest BCUT2D eigenvalue weighted by Gasteiger charge is -2.35. The zero-order chi connectivity index (χ0) is 42.5. The highest BCUT2D eigenvalue weighted by Gasteiger charge is 2.46. The highest BCUT2D eigenvalue weighted by molar-refractivity contribution is 5.99. The van der Waals surface area contributed by atoms with Gasteiger partial charge < -0.3 is 4.90 Å². The van der Waals surface area contributed by atoms with Crippen LogP contribution in [0.15, 0.2) is 261 Å². The SMILES string of the molecule is c1ccc(-c2cc3ccccc3cc2-c2ccc(N(c3ccc(-c4cccc5ccccc45)cc3)c3ccc4c(c3)C(c3ccccc3)(c3ccccc3)c3ccccc3-4)cc2)cc1. The number of nitrogens with zero attached hydrogens (tertiary/aromatic N) is 1. The molecule has 0 radical (unpaired) electrons. The zero-order valence-corrected chi connectivity index (χ0v) is 35.3. The molecule has 0 aliphatic heterocycles. The Morgan fingerprint density at radius 1 is 0.250 bits per heavy atom. The van der Waals surface area contributed by atoms with Crippen molar-refractivity contribution in [3.8, 4) is 44.5 Å². The molecular formula is C63H43N. The van der Waals surface area contributed by atoms with Gasteiger partial charge >= 0.3 is 0 Å². The summed E-state index contributed by atoms with van der Waals surface area (Å²) in [5.41, 5.74) is 17.6. The van der Waals surface area contributed by atoms with E-state index in [9.17, 15) is 0 Å². The van der Waals surface area contributed by atoms with Crippen LogP contribution in [-0.2, 0) is 5.41 Å². The molecule has 1 aliphatic carbocycles. The molecule has 0 amide bonds. The van der Waals surface area contributed by atoms with E-state index in [4.69, 9.17) is 0 Å². The van der Waals surface area contributed by atoms with E-state index in [1.807, 2.05) is 0 Å². The minimum atomic E-state index is -0.512. The standard InChI is InChI=1S/C63H43N/c1-4-17-45(18-5-1)59-41-48-20-10-11-21-49(48)42-60(59)47-33-37-53(38-34-47)64(52-35-31-46(32-36-52)56-29-16-22-44-19-12-13-27-55(44)56)54-39-40-58-57-28-14-15-30-61(57)63(62(58)43-54,50-23-6-2-7-24-50)51-25-8-3-9-26-51/h1-43H. The molecular weight excluding hydrogens is 771 g/mol. The summed E-state index contributed by atoms with van der Waals surface area (Å²) in [5, 5.41) is 4.96. The second kappa shape index (κ2) is 15.6. The van der Waals surface area contributed by atoms with Gasteiger partial charge in [0.2, 0.25) is 0 Å². The van der Waals surface area contributed by atoms with E-state index in [2.05, 4.69) is 266 Å². The molecule has 0 saturated carbocycles. The number of rotatable bonds is 8. The maximum atomic E-state index is 2.46. The average Bonchev–Trinajstić information content (AvgIpc) is 3.67. The van der Waals surface area contributed by atoms with E-state index in [1.54, 1.807) is 0 Å². The van der Waals surface area contributed by atoms with E-state index < -0.39 is 5.41 Å². The Morgan fingerprint density at radius 2 is 0.688 bits per heavy atom. The first-order valence-electron chi connectivity index (χ1n) is 22.2. The number of fused-ring (bicyclic) bond motifs is 5. The lowest BCUT2D eigenvalue weighted by Crippen LogP contribution is -2.28. The summed E-state index contributed by atoms with van der Waals surface area (Å²) in [6.07, 6.45) is 0. The molecule has 0 unspecified atom stereocenters. The van der Waals surface area contributed by atoms with Crippen molar-refractivity contribution in [2.45, 2.75) is 5.41 Å². The molecule has 0 atom stereocenters. The first kappa shape index (κ1) is 37.5. The molecule has 1 nitrogen and oxygen atoms in total. The van der Waals surface area contributed by atoms with E-state index in [0.29, 0.717) is 0 Å². The van der Waals surface area contributed by atoms with Gasteiger partial charge in [0.1, 0.15) is 0 Å². The molecule has 300 valence electrons. The van der Waals surface area contributed by atoms with Gasteiger partial charge in [-0.2, -0.15) is 0 Å². The summed E-state index contributed by atoms with van der Waals surface area (Å²) in [6.45, 7) is 0. The second-order valence-corrected chi connectivity index (χ2v) is 16.8. The van der Waals surface area contributed by atoms with Crippen LogP contribution in [0.3, 0.4) is 0 Å². The quantitative estimate of drug-likeness (QED) is 0.148. The normalized spacial score (nSPS) is 12.5. The molecule has 0 spiro atoms. The second-order valence-electron chi connectivity index (χ2n) is 16.8. The van der Waals surface area contributed by atoms with E-state index >= 15 is 0 Å². The summed E-state index contributed by atoms with van der Waals surface area (Å²) in [4.78, 5) is 2.43. The topological polar surface area (TPSA) is 3.24 Å². The lowest BCUT2D eigenvalue weighted by atomic mass is 9.67. The van der Waals surface area contributed by atoms with Gasteiger partial charge in [-0.15, -0.1) is 0 Å². The fraction of sp³-hybridized carbons (Fsp3) is 0.0159. The molecule has 0 aromatic heterocycles. The zero-order valence-electron chi connectivity index (χ0n) is 35.3. The van der Waals surface area contributed by atoms with Crippen LogP contribution in [0, 0.1) is 0 Å². The summed E-state index contributed by atoms with van der Waals surface area (Å²) in [6, 6.07) is 95.9. The molecule has 11 aromatic carbocycles. The third-order valence-electron chi connectivity index (χ3n) is 13.3. The first-order valence-corrected chi connectivity index (χ1v) is 22.2. The number of hydrogen-bond donors (Lipinski definition) is 0. The van der Waals surface area contributed by atoms with E-state index in [1.165, 1.54) is 88.3 Å². The number of anilines is 3. The molecule has 0 bridgehead atoms. The monoisotopic (exact) mass is 813 g/mol. The average molecular weight is 814 g/mol. The van der Waals surface area contributed by atoms with Crippen molar-refractivity contribution in [2.75, 3.05) is 4.90 Å². The fourth-order valence-corrected chi connectivity index (χ4v) is 10.4. The summed E-state index contributed by atoms with van der Waals surface area (Å²) < 4.78 is 0. The van der Waals surface area contributed by atoms with Crippen LogP contribution < -0.4 is 4.90 Å². The third kappa shape index (κ3) is 6.16. The lowest BCUT2D eigenvalue weighted by molar-refractivity contribution is 0.768. The van der Waals surface area contributed by atoms with Gasteiger partial charge in [0.25, 0.3) is 0 Å². The minimum absolute atomic E-state index is 0.512. The highest BCUT2D eigenvalue weighted by Crippen LogP contribution is 2.57. The molecule has 12 rings (SSSR count). The van der Waals surface area contributed by atoms with Gasteiger partial charge in [0.15, 0.2) is 0 Å². The maximum Gasteiger partial charge on any atom is 0.0714 e. The van der Waals surface area contributed by atoms with Crippen LogP contribution in [0.4, 0.5) is 17.1 Å². The highest BCUT2D eigenvalue weighted by atomic mass is 15.1. The Bertz CT molecular complexity index is 3420. The van der Waals surface area contributed by atoms with Crippen LogP contribution in [0.1, 0.15) is 22.3 Å². The van der Waals surface area contributed by atoms with Crippen LogP contribution in [-0.4, -0.2) is 0 Å². The van der Waals surface area contributed by atoms with Crippen LogP contribution in [0.25, 0.3) is 66.1 Å². The summed E-state index contributed by atoms with van der Waals surface area (Å²) in [5.74, 6) is 0. The Morgan fingerprint density at radius 3 is 1.31 bits per heavy atom. The van der Waals surface area contributed by atoms with Crippen molar-refractivity contribution in [1.82, 2.24) is 0 Å². The van der Waals surface area contributed by atoms with Gasteiger partial charge in [0, 0.05) is 17.1 Å². The molecule has 64 heavy (non-hydrogen) atoms. The van der Waals surface area contributed by atoms with Crippen molar-refractivity contribution >= 4 is 38.6 Å². The molecule has 0 N–H and O–H groups in total. The summed E-state index contributed by atoms with van der Waals surface area (Å²) >= 11 is 0. The Hall–Kier alpha value is -8.26. The third-order valence-corrected chi connectivity index (χ3v) is 13.3. The maximum absolute atomic E-state index is 2.46. The van der Waals surface area contributed by atoms with Crippen molar-refractivity contribution in [3.05, 3.63) is 283 Å². The van der Waals surface area contributed by atoms with Crippen LogP contribution in [0.5, 0.6) is 0 Å². The molecule has 1 heteroatoms. The van der Waals surface area contributed by atoms with Gasteiger partial charge in [-0.05, 0) is 137 Å². The Kier molecular flexibility index (Phi) is 9.13. The molecule has 0 heterocycles.